The minimum absolute atomic E-state index is 0.176. The highest BCUT2D eigenvalue weighted by Gasteiger charge is 2.03. The van der Waals surface area contributed by atoms with E-state index >= 15 is 0 Å². The molecule has 2 N–H and O–H groups in total. The van der Waals surface area contributed by atoms with Gasteiger partial charge >= 0.3 is 0 Å². The first kappa shape index (κ1) is 12.9. The van der Waals surface area contributed by atoms with Crippen LogP contribution in [0.25, 0.3) is 0 Å². The topological polar surface area (TPSA) is 35.2 Å². The van der Waals surface area contributed by atoms with Gasteiger partial charge in [0.15, 0.2) is 0 Å². The Bertz CT molecular complexity index is 267. The van der Waals surface area contributed by atoms with Crippen molar-refractivity contribution >= 4 is 0 Å². The molecule has 0 radical (unpaired) electrons. The fourth-order valence-corrected chi connectivity index (χ4v) is 1.31. The summed E-state index contributed by atoms with van der Waals surface area (Å²) in [6, 6.07) is 7.35. The number of aryl methyl sites for hydroxylation is 1. The van der Waals surface area contributed by atoms with Gasteiger partial charge in [-0.2, -0.15) is 0 Å². The van der Waals surface area contributed by atoms with E-state index in [4.69, 9.17) is 10.5 Å². The van der Waals surface area contributed by atoms with Crippen LogP contribution in [0.3, 0.4) is 0 Å². The van der Waals surface area contributed by atoms with Crippen molar-refractivity contribution < 1.29 is 13.5 Å². The van der Waals surface area contributed by atoms with Gasteiger partial charge in [-0.25, -0.2) is 8.78 Å². The molecule has 0 saturated heterocycles. The lowest BCUT2D eigenvalue weighted by molar-refractivity contribution is 0.0819. The highest BCUT2D eigenvalue weighted by Crippen LogP contribution is 2.14. The molecule has 0 aliphatic rings. The molecule has 0 bridgehead atoms. The quantitative estimate of drug-likeness (QED) is 0.813. The summed E-state index contributed by atoms with van der Waals surface area (Å²) < 4.78 is 28.6. The lowest BCUT2D eigenvalue weighted by Gasteiger charge is -2.07. The summed E-state index contributed by atoms with van der Waals surface area (Å²) in [5.74, 6) is 0.477. The molecule has 0 aromatic heterocycles. The first-order chi connectivity index (χ1) is 7.58. The Morgan fingerprint density at radius 3 is 2.38 bits per heavy atom. The highest BCUT2D eigenvalue weighted by molar-refractivity contribution is 5.27. The molecule has 0 spiro atoms. The van der Waals surface area contributed by atoms with Crippen molar-refractivity contribution in [2.45, 2.75) is 32.2 Å². The molecule has 0 saturated carbocycles. The van der Waals surface area contributed by atoms with Crippen LogP contribution in [0.4, 0.5) is 8.78 Å². The van der Waals surface area contributed by atoms with Crippen LogP contribution in [0.1, 0.15) is 18.9 Å². The number of nitrogens with two attached hydrogens (primary N) is 1. The summed E-state index contributed by atoms with van der Waals surface area (Å²) in [5.41, 5.74) is 6.78. The van der Waals surface area contributed by atoms with Crippen molar-refractivity contribution in [2.24, 2.45) is 5.73 Å². The van der Waals surface area contributed by atoms with E-state index in [1.165, 1.54) is 0 Å². The third-order valence-electron chi connectivity index (χ3n) is 2.19. The second-order valence-electron chi connectivity index (χ2n) is 3.86. The molecule has 1 aromatic rings. The van der Waals surface area contributed by atoms with Crippen LogP contribution < -0.4 is 10.5 Å². The van der Waals surface area contributed by atoms with Crippen molar-refractivity contribution in [3.8, 4) is 5.75 Å². The molecule has 16 heavy (non-hydrogen) atoms. The smallest absolute Gasteiger partial charge is 0.272 e. The largest absolute Gasteiger partial charge is 0.488 e. The third kappa shape index (κ3) is 5.07. The maximum absolute atomic E-state index is 11.9. The SMILES string of the molecule is CC(N)CCc1ccc(OCC(F)F)cc1. The molecular formula is C12H17F2NO. The molecule has 0 aliphatic carbocycles. The second kappa shape index (κ2) is 6.43. The lowest BCUT2D eigenvalue weighted by Crippen LogP contribution is -2.15. The number of hydrogen-bond donors (Lipinski definition) is 1. The molecule has 90 valence electrons. The van der Waals surface area contributed by atoms with E-state index in [-0.39, 0.29) is 6.04 Å². The Morgan fingerprint density at radius 2 is 1.88 bits per heavy atom. The summed E-state index contributed by atoms with van der Waals surface area (Å²) in [6.45, 7) is 1.40. The molecule has 4 heteroatoms. The molecule has 1 aromatic carbocycles. The minimum Gasteiger partial charge on any atom is -0.488 e. The van der Waals surface area contributed by atoms with Crippen LogP contribution in [0.5, 0.6) is 5.75 Å². The molecular weight excluding hydrogens is 212 g/mol. The highest BCUT2D eigenvalue weighted by atomic mass is 19.3. The molecule has 0 heterocycles. The van der Waals surface area contributed by atoms with Gasteiger partial charge in [-0.15, -0.1) is 0 Å². The molecule has 0 aliphatic heterocycles. The van der Waals surface area contributed by atoms with E-state index < -0.39 is 13.0 Å². The maximum Gasteiger partial charge on any atom is 0.272 e. The van der Waals surface area contributed by atoms with E-state index in [1.807, 2.05) is 19.1 Å². The predicted octanol–water partition coefficient (Wildman–Crippen LogP) is 2.61. The van der Waals surface area contributed by atoms with Gasteiger partial charge in [0.25, 0.3) is 6.43 Å². The maximum atomic E-state index is 11.9. The number of rotatable bonds is 6. The van der Waals surface area contributed by atoms with E-state index in [0.717, 1.165) is 18.4 Å². The summed E-state index contributed by atoms with van der Waals surface area (Å²) in [5, 5.41) is 0. The summed E-state index contributed by atoms with van der Waals surface area (Å²) >= 11 is 0. The van der Waals surface area contributed by atoms with Gasteiger partial charge in [0.1, 0.15) is 12.4 Å². The molecule has 1 atom stereocenters. The molecule has 2 nitrogen and oxygen atoms in total. The van der Waals surface area contributed by atoms with Crippen LogP contribution in [-0.4, -0.2) is 19.1 Å². The second-order valence-corrected chi connectivity index (χ2v) is 3.86. The number of benzene rings is 1. The van der Waals surface area contributed by atoms with Crippen molar-refractivity contribution in [3.63, 3.8) is 0 Å². The Balaban J connectivity index is 2.41. The molecule has 0 fully saturated rings. The zero-order valence-electron chi connectivity index (χ0n) is 9.33. The summed E-state index contributed by atoms with van der Waals surface area (Å²) in [4.78, 5) is 0. The number of halogens is 2. The van der Waals surface area contributed by atoms with Gasteiger partial charge < -0.3 is 10.5 Å². The lowest BCUT2D eigenvalue weighted by atomic mass is 10.1. The van der Waals surface area contributed by atoms with E-state index in [2.05, 4.69) is 0 Å². The van der Waals surface area contributed by atoms with Crippen molar-refractivity contribution in [2.75, 3.05) is 6.61 Å². The van der Waals surface area contributed by atoms with Gasteiger partial charge in [-0.1, -0.05) is 12.1 Å². The van der Waals surface area contributed by atoms with Crippen LogP contribution in [0.15, 0.2) is 24.3 Å². The first-order valence-corrected chi connectivity index (χ1v) is 5.33. The zero-order chi connectivity index (χ0) is 12.0. The van der Waals surface area contributed by atoms with Gasteiger partial charge in [0, 0.05) is 6.04 Å². The third-order valence-corrected chi connectivity index (χ3v) is 2.19. The fourth-order valence-electron chi connectivity index (χ4n) is 1.31. The van der Waals surface area contributed by atoms with Gasteiger partial charge in [0.2, 0.25) is 0 Å². The Morgan fingerprint density at radius 1 is 1.25 bits per heavy atom. The van der Waals surface area contributed by atoms with E-state index in [0.29, 0.717) is 5.75 Å². The van der Waals surface area contributed by atoms with Crippen molar-refractivity contribution in [3.05, 3.63) is 29.8 Å². The molecule has 1 unspecified atom stereocenters. The van der Waals surface area contributed by atoms with Crippen LogP contribution in [0.2, 0.25) is 0 Å². The van der Waals surface area contributed by atoms with Gasteiger partial charge in [-0.05, 0) is 37.5 Å². The van der Waals surface area contributed by atoms with Crippen LogP contribution >= 0.6 is 0 Å². The van der Waals surface area contributed by atoms with Gasteiger partial charge in [-0.3, -0.25) is 0 Å². The Kier molecular flexibility index (Phi) is 5.19. The zero-order valence-corrected chi connectivity index (χ0v) is 9.33. The number of ether oxygens (including phenoxy) is 1. The molecule has 1 rings (SSSR count). The van der Waals surface area contributed by atoms with Gasteiger partial charge in [0.05, 0.1) is 0 Å². The monoisotopic (exact) mass is 229 g/mol. The van der Waals surface area contributed by atoms with Crippen molar-refractivity contribution in [1.82, 2.24) is 0 Å². The predicted molar refractivity (Wildman–Crippen MR) is 59.9 cm³/mol. The fraction of sp³-hybridized carbons (Fsp3) is 0.500. The Labute approximate surface area is 94.4 Å². The first-order valence-electron chi connectivity index (χ1n) is 5.33. The minimum atomic E-state index is -2.43. The normalized spacial score (nSPS) is 12.8. The average Bonchev–Trinajstić information content (AvgIpc) is 2.25. The van der Waals surface area contributed by atoms with Crippen LogP contribution in [-0.2, 0) is 6.42 Å². The number of alkyl halides is 2. The summed E-state index contributed by atoms with van der Waals surface area (Å²) in [6.07, 6.45) is -0.623. The van der Waals surface area contributed by atoms with Crippen LogP contribution in [0, 0.1) is 0 Å². The standard InChI is InChI=1S/C12H17F2NO/c1-9(15)2-3-10-4-6-11(7-5-10)16-8-12(13)14/h4-7,9,12H,2-3,8,15H2,1H3. The molecule has 0 amide bonds. The number of hydrogen-bond acceptors (Lipinski definition) is 2. The van der Waals surface area contributed by atoms with Crippen molar-refractivity contribution in [1.29, 1.82) is 0 Å². The van der Waals surface area contributed by atoms with E-state index in [1.54, 1.807) is 12.1 Å². The average molecular weight is 229 g/mol. The van der Waals surface area contributed by atoms with E-state index in [9.17, 15) is 8.78 Å². The summed E-state index contributed by atoms with van der Waals surface area (Å²) in [7, 11) is 0. The Hall–Kier alpha value is -1.16.